The van der Waals surface area contributed by atoms with E-state index in [9.17, 15) is 14.0 Å². The lowest BCUT2D eigenvalue weighted by Crippen LogP contribution is -2.41. The monoisotopic (exact) mass is 520 g/mol. The first-order valence-corrected chi connectivity index (χ1v) is 12.6. The predicted molar refractivity (Wildman–Crippen MR) is 146 cm³/mol. The maximum atomic E-state index is 14.0. The Morgan fingerprint density at radius 2 is 1.76 bits per heavy atom. The SMILES string of the molecule is CCC(c1nc2ccccc2c(=O)n1-c1ccc(F)c(Cl)c1)N(CCN(C)C)C(=O)c1ccc(C)cc1. The van der Waals surface area contributed by atoms with Crippen molar-refractivity contribution in [2.24, 2.45) is 0 Å². The molecule has 37 heavy (non-hydrogen) atoms. The van der Waals surface area contributed by atoms with Crippen LogP contribution in [0.5, 0.6) is 0 Å². The van der Waals surface area contributed by atoms with Crippen LogP contribution in [0.25, 0.3) is 16.6 Å². The van der Waals surface area contributed by atoms with Gasteiger partial charge in [-0.15, -0.1) is 0 Å². The molecule has 0 aliphatic rings. The quantitative estimate of drug-likeness (QED) is 0.301. The number of hydrogen-bond acceptors (Lipinski definition) is 4. The molecule has 1 amide bonds. The predicted octanol–water partition coefficient (Wildman–Crippen LogP) is 5.64. The van der Waals surface area contributed by atoms with Crippen LogP contribution in [0, 0.1) is 12.7 Å². The van der Waals surface area contributed by atoms with Crippen LogP contribution < -0.4 is 5.56 Å². The van der Waals surface area contributed by atoms with Gasteiger partial charge in [-0.05, 0) is 69.9 Å². The van der Waals surface area contributed by atoms with Gasteiger partial charge in [0.1, 0.15) is 11.6 Å². The topological polar surface area (TPSA) is 58.4 Å². The van der Waals surface area contributed by atoms with Crippen molar-refractivity contribution in [2.45, 2.75) is 26.3 Å². The number of aryl methyl sites for hydroxylation is 1. The van der Waals surface area contributed by atoms with Gasteiger partial charge in [0.15, 0.2) is 0 Å². The molecule has 0 aliphatic heterocycles. The van der Waals surface area contributed by atoms with E-state index in [1.54, 1.807) is 23.1 Å². The molecule has 1 aromatic heterocycles. The smallest absolute Gasteiger partial charge is 0.266 e. The highest BCUT2D eigenvalue weighted by Gasteiger charge is 2.30. The van der Waals surface area contributed by atoms with Gasteiger partial charge in [0.05, 0.1) is 27.7 Å². The summed E-state index contributed by atoms with van der Waals surface area (Å²) in [4.78, 5) is 36.3. The molecule has 0 fully saturated rings. The lowest BCUT2D eigenvalue weighted by atomic mass is 10.1. The highest BCUT2D eigenvalue weighted by Crippen LogP contribution is 2.28. The summed E-state index contributed by atoms with van der Waals surface area (Å²) in [6.07, 6.45) is 0.505. The lowest BCUT2D eigenvalue weighted by molar-refractivity contribution is 0.0644. The van der Waals surface area contributed by atoms with E-state index in [-0.39, 0.29) is 16.5 Å². The van der Waals surface area contributed by atoms with Crippen molar-refractivity contribution < 1.29 is 9.18 Å². The number of carbonyl (C=O) groups excluding carboxylic acids is 1. The van der Waals surface area contributed by atoms with Crippen LogP contribution in [0.4, 0.5) is 4.39 Å². The molecule has 1 unspecified atom stereocenters. The third-order valence-electron chi connectivity index (χ3n) is 6.37. The van der Waals surface area contributed by atoms with E-state index < -0.39 is 11.9 Å². The average molecular weight is 521 g/mol. The fourth-order valence-electron chi connectivity index (χ4n) is 4.36. The van der Waals surface area contributed by atoms with Gasteiger partial charge in [-0.3, -0.25) is 14.2 Å². The number of fused-ring (bicyclic) bond motifs is 1. The molecule has 8 heteroatoms. The van der Waals surface area contributed by atoms with Crippen molar-refractivity contribution >= 4 is 28.4 Å². The summed E-state index contributed by atoms with van der Waals surface area (Å²) in [5.41, 5.74) is 2.22. The molecule has 0 radical (unpaired) electrons. The van der Waals surface area contributed by atoms with Crippen molar-refractivity contribution in [2.75, 3.05) is 27.2 Å². The summed E-state index contributed by atoms with van der Waals surface area (Å²) < 4.78 is 15.5. The maximum absolute atomic E-state index is 14.0. The molecule has 192 valence electrons. The average Bonchev–Trinajstić information content (AvgIpc) is 2.88. The van der Waals surface area contributed by atoms with Crippen molar-refractivity contribution in [3.8, 4) is 5.69 Å². The second-order valence-corrected chi connectivity index (χ2v) is 9.73. The maximum Gasteiger partial charge on any atom is 0.266 e. The van der Waals surface area contributed by atoms with Gasteiger partial charge >= 0.3 is 0 Å². The molecule has 1 heterocycles. The van der Waals surface area contributed by atoms with Crippen molar-refractivity contribution in [1.29, 1.82) is 0 Å². The number of halogens is 2. The Kier molecular flexibility index (Phi) is 8.05. The van der Waals surface area contributed by atoms with Gasteiger partial charge in [-0.2, -0.15) is 0 Å². The van der Waals surface area contributed by atoms with Crippen LogP contribution in [0.1, 0.15) is 41.1 Å². The van der Waals surface area contributed by atoms with Gasteiger partial charge in [0, 0.05) is 18.7 Å². The third-order valence-corrected chi connectivity index (χ3v) is 6.66. The van der Waals surface area contributed by atoms with E-state index in [2.05, 4.69) is 0 Å². The summed E-state index contributed by atoms with van der Waals surface area (Å²) >= 11 is 6.11. The van der Waals surface area contributed by atoms with Crippen LogP contribution in [0.2, 0.25) is 5.02 Å². The third kappa shape index (κ3) is 5.58. The van der Waals surface area contributed by atoms with Gasteiger partial charge in [-0.1, -0.05) is 48.4 Å². The minimum absolute atomic E-state index is 0.100. The molecular formula is C29H30ClFN4O2. The molecule has 0 saturated heterocycles. The number of benzene rings is 3. The minimum Gasteiger partial charge on any atom is -0.327 e. The van der Waals surface area contributed by atoms with Gasteiger partial charge < -0.3 is 9.80 Å². The number of hydrogen-bond donors (Lipinski definition) is 0. The first kappa shape index (κ1) is 26.5. The Labute approximate surface area is 220 Å². The van der Waals surface area contributed by atoms with Crippen molar-refractivity contribution in [3.63, 3.8) is 0 Å². The fourth-order valence-corrected chi connectivity index (χ4v) is 4.53. The van der Waals surface area contributed by atoms with Crippen molar-refractivity contribution in [3.05, 3.63) is 105 Å². The van der Waals surface area contributed by atoms with E-state index >= 15 is 0 Å². The highest BCUT2D eigenvalue weighted by molar-refractivity contribution is 6.30. The summed E-state index contributed by atoms with van der Waals surface area (Å²) in [5, 5.41) is 0.322. The van der Waals surface area contributed by atoms with Gasteiger partial charge in [-0.25, -0.2) is 9.37 Å². The van der Waals surface area contributed by atoms with E-state index in [1.165, 1.54) is 22.8 Å². The Morgan fingerprint density at radius 1 is 1.05 bits per heavy atom. The molecule has 3 aromatic carbocycles. The summed E-state index contributed by atoms with van der Waals surface area (Å²) in [7, 11) is 3.89. The molecular weight excluding hydrogens is 491 g/mol. The van der Waals surface area contributed by atoms with Gasteiger partial charge in [0.25, 0.3) is 11.5 Å². The molecule has 6 nitrogen and oxygen atoms in total. The molecule has 0 saturated carbocycles. The first-order chi connectivity index (χ1) is 17.7. The zero-order valence-corrected chi connectivity index (χ0v) is 22.2. The summed E-state index contributed by atoms with van der Waals surface area (Å²) in [5.74, 6) is -0.337. The number of amides is 1. The molecule has 1 atom stereocenters. The number of rotatable bonds is 8. The number of para-hydroxylation sites is 1. The van der Waals surface area contributed by atoms with Crippen LogP contribution in [-0.4, -0.2) is 52.4 Å². The Balaban J connectivity index is 1.95. The Morgan fingerprint density at radius 3 is 2.41 bits per heavy atom. The largest absolute Gasteiger partial charge is 0.327 e. The molecule has 0 N–H and O–H groups in total. The van der Waals surface area contributed by atoms with Gasteiger partial charge in [0.2, 0.25) is 0 Å². The lowest BCUT2D eigenvalue weighted by Gasteiger charge is -2.33. The Bertz CT molecular complexity index is 1480. The summed E-state index contributed by atoms with van der Waals surface area (Å²) in [6.45, 7) is 4.97. The number of aromatic nitrogens is 2. The van der Waals surface area contributed by atoms with Crippen LogP contribution in [0.15, 0.2) is 71.5 Å². The fraction of sp³-hybridized carbons (Fsp3) is 0.276. The zero-order valence-electron chi connectivity index (χ0n) is 21.4. The van der Waals surface area contributed by atoms with E-state index in [0.29, 0.717) is 47.5 Å². The van der Waals surface area contributed by atoms with E-state index in [0.717, 1.165) is 5.56 Å². The molecule has 0 spiro atoms. The number of nitrogens with zero attached hydrogens (tertiary/aromatic N) is 4. The van der Waals surface area contributed by atoms with Crippen molar-refractivity contribution in [1.82, 2.24) is 19.4 Å². The Hall–Kier alpha value is -3.55. The molecule has 0 bridgehead atoms. The second kappa shape index (κ2) is 11.2. The summed E-state index contributed by atoms with van der Waals surface area (Å²) in [6, 6.07) is 18.1. The van der Waals surface area contributed by atoms with E-state index in [4.69, 9.17) is 16.6 Å². The normalized spacial score (nSPS) is 12.2. The zero-order chi connectivity index (χ0) is 26.7. The van der Waals surface area contributed by atoms with Crippen LogP contribution in [-0.2, 0) is 0 Å². The van der Waals surface area contributed by atoms with E-state index in [1.807, 2.05) is 63.2 Å². The molecule has 4 aromatic rings. The van der Waals surface area contributed by atoms with Crippen LogP contribution in [0.3, 0.4) is 0 Å². The standard InChI is InChI=1S/C29H30ClFN4O2/c1-5-26(34(17-16-33(3)4)28(36)20-12-10-19(2)11-13-20)27-32-25-9-7-6-8-22(25)29(37)35(27)21-14-15-24(31)23(30)18-21/h6-15,18,26H,5,16-17H2,1-4H3. The molecule has 0 aliphatic carbocycles. The second-order valence-electron chi connectivity index (χ2n) is 9.32. The first-order valence-electron chi connectivity index (χ1n) is 12.2. The molecule has 4 rings (SSSR count). The number of likely N-dealkylation sites (N-methyl/N-ethyl adjacent to an activating group) is 1. The number of carbonyl (C=O) groups is 1. The highest BCUT2D eigenvalue weighted by atomic mass is 35.5. The van der Waals surface area contributed by atoms with Crippen LogP contribution >= 0.6 is 11.6 Å². The minimum atomic E-state index is -0.581.